The molecular weight excluding hydrogens is 881 g/mol. The Kier molecular flexibility index (Phi) is 11.0. The average molecular weight is 907 g/mol. The van der Waals surface area contributed by atoms with E-state index in [1.807, 2.05) is 0 Å². The first-order chi connectivity index (χ1) is 27.8. The van der Waals surface area contributed by atoms with Crippen LogP contribution in [0, 0.1) is 0 Å². The number of anilines is 2. The number of methoxy groups -OCH3 is 2. The van der Waals surface area contributed by atoms with E-state index in [0.717, 1.165) is 0 Å². The van der Waals surface area contributed by atoms with Gasteiger partial charge in [0.25, 0.3) is 40.5 Å². The van der Waals surface area contributed by atoms with E-state index in [-0.39, 0.29) is 22.9 Å². The number of nitrogens with one attached hydrogen (secondary N) is 2. The summed E-state index contributed by atoms with van der Waals surface area (Å²) in [5.41, 5.74) is 1.96. The first kappa shape index (κ1) is 43.1. The van der Waals surface area contributed by atoms with Crippen molar-refractivity contribution in [3.05, 3.63) is 92.7 Å². The number of fused-ring (bicyclic) bond motifs is 2. The predicted molar refractivity (Wildman–Crippen MR) is 211 cm³/mol. The summed E-state index contributed by atoms with van der Waals surface area (Å²) in [5, 5.41) is 28.5. The Morgan fingerprint density at radius 2 is 0.867 bits per heavy atom. The lowest BCUT2D eigenvalue weighted by molar-refractivity contribution is 0.105. The van der Waals surface area contributed by atoms with Gasteiger partial charge in [-0.25, -0.2) is 0 Å². The third kappa shape index (κ3) is 8.33. The fourth-order valence-electron chi connectivity index (χ4n) is 5.91. The van der Waals surface area contributed by atoms with E-state index in [0.29, 0.717) is 47.5 Å². The Morgan fingerprint density at radius 1 is 0.517 bits per heavy atom. The van der Waals surface area contributed by atoms with Crippen molar-refractivity contribution in [1.29, 1.82) is 0 Å². The van der Waals surface area contributed by atoms with E-state index >= 15 is 0 Å². The minimum atomic E-state index is -5.20. The fraction of sp³-hybridized carbons (Fsp3) is 0.0588. The predicted octanol–water partition coefficient (Wildman–Crippen LogP) is 3.06. The molecule has 22 nitrogen and oxygen atoms in total. The molecule has 2 aliphatic carbocycles. The number of hydrogen-bond acceptors (Lipinski definition) is 18. The molecule has 0 fully saturated rings. The number of ketones is 2. The van der Waals surface area contributed by atoms with E-state index in [2.05, 4.69) is 21.1 Å². The zero-order chi connectivity index (χ0) is 44.3. The molecule has 0 atom stereocenters. The maximum Gasteiger partial charge on any atom is 0.296 e. The van der Waals surface area contributed by atoms with Gasteiger partial charge in [0.15, 0.2) is 11.4 Å². The molecule has 6 rings (SSSR count). The molecule has 4 aromatic rings. The molecule has 0 unspecified atom stereocenters. The van der Waals surface area contributed by atoms with Gasteiger partial charge in [0.1, 0.15) is 32.8 Å². The van der Waals surface area contributed by atoms with Crippen LogP contribution >= 0.6 is 0 Å². The molecule has 0 amide bonds. The van der Waals surface area contributed by atoms with Crippen LogP contribution < -0.4 is 20.3 Å². The summed E-state index contributed by atoms with van der Waals surface area (Å²) in [6.07, 6.45) is 1.34. The van der Waals surface area contributed by atoms with E-state index in [1.54, 1.807) is 0 Å². The molecule has 4 aromatic carbocycles. The van der Waals surface area contributed by atoms with Crippen LogP contribution in [-0.2, 0) is 40.5 Å². The molecule has 26 heteroatoms. The number of aromatic hydroxyl groups is 2. The number of allylic oxidation sites excluding steroid dienone is 2. The van der Waals surface area contributed by atoms with Gasteiger partial charge in [0.05, 0.1) is 46.5 Å². The molecule has 0 heterocycles. The van der Waals surface area contributed by atoms with Crippen molar-refractivity contribution in [2.45, 2.75) is 9.79 Å². The minimum Gasteiger partial charge on any atom is -0.507 e. The SMILES string of the molecule is COc1cc(-c2ccc(N/N=C3/C(=O)c4c(O)cc(S(=O)(=O)O)cc4C=C3S(=O)(=O)O)c(OC)c2)ccc1N/N=C1/C(=O)c2c(O)cc(S(=O)(=O)O)cc2C=C1S(=O)(=O)O. The van der Waals surface area contributed by atoms with Crippen LogP contribution in [0.2, 0.25) is 0 Å². The van der Waals surface area contributed by atoms with Gasteiger partial charge in [0, 0.05) is 12.1 Å². The standard InChI is InChI=1S/C34H26N4O18S4/c1-55-25-9-15(3-5-21(25)35-37-31-27(59(49,50)51)11-17-7-19(57(43,44)45)13-23(39)29(17)33(31)41)16-4-6-22(26(10-16)56-2)36-38-32-28(60(52,53)54)12-18-8-20(58(46,47)48)14-24(40)30(18)34(32)42/h3-14,35-36,39-40H,1-2H3,(H,43,44,45)(H,46,47,48)(H,49,50,51)(H,52,53,54)/b37-31+,38-32+. The summed E-state index contributed by atoms with van der Waals surface area (Å²) in [6, 6.07) is 11.3. The number of ether oxygens (including phenoxy) is 2. The summed E-state index contributed by atoms with van der Waals surface area (Å²) in [7, 11) is -17.7. The van der Waals surface area contributed by atoms with Gasteiger partial charge < -0.3 is 19.7 Å². The van der Waals surface area contributed by atoms with Gasteiger partial charge >= 0.3 is 0 Å². The van der Waals surface area contributed by atoms with Crippen LogP contribution in [0.5, 0.6) is 23.0 Å². The summed E-state index contributed by atoms with van der Waals surface area (Å²) >= 11 is 0. The van der Waals surface area contributed by atoms with E-state index < -0.39 is 117 Å². The van der Waals surface area contributed by atoms with Gasteiger partial charge in [-0.2, -0.15) is 43.9 Å². The van der Waals surface area contributed by atoms with Crippen molar-refractivity contribution in [2.75, 3.05) is 25.1 Å². The number of carbonyl (C=O) groups excluding carboxylic acids is 2. The lowest BCUT2D eigenvalue weighted by Crippen LogP contribution is -2.27. The third-order valence-corrected chi connectivity index (χ3v) is 12.0. The van der Waals surface area contributed by atoms with Crippen LogP contribution in [0.25, 0.3) is 23.3 Å². The number of benzene rings is 4. The Bertz CT molecular complexity index is 2960. The zero-order valence-electron chi connectivity index (χ0n) is 30.0. The smallest absolute Gasteiger partial charge is 0.296 e. The molecule has 0 radical (unpaired) electrons. The zero-order valence-corrected chi connectivity index (χ0v) is 33.3. The fourth-order valence-corrected chi connectivity index (χ4v) is 8.30. The van der Waals surface area contributed by atoms with Crippen molar-refractivity contribution < 1.29 is 81.2 Å². The van der Waals surface area contributed by atoms with E-state index in [4.69, 9.17) is 9.47 Å². The highest BCUT2D eigenvalue weighted by Crippen LogP contribution is 2.38. The van der Waals surface area contributed by atoms with Gasteiger partial charge in [-0.3, -0.25) is 38.7 Å². The highest BCUT2D eigenvalue weighted by atomic mass is 32.2. The molecule has 8 N–H and O–H groups in total. The molecule has 2 aliphatic rings. The van der Waals surface area contributed by atoms with Gasteiger partial charge in [-0.05, 0) is 70.8 Å². The maximum atomic E-state index is 13.4. The van der Waals surface area contributed by atoms with E-state index in [1.165, 1.54) is 50.6 Å². The third-order valence-electron chi connectivity index (χ3n) is 8.63. The van der Waals surface area contributed by atoms with Gasteiger partial charge in [0.2, 0.25) is 11.6 Å². The Balaban J connectivity index is 1.31. The number of Topliss-reactive ketones (excluding diaryl/α,β-unsaturated/α-hetero) is 2. The second-order valence-electron chi connectivity index (χ2n) is 12.4. The van der Waals surface area contributed by atoms with Crippen molar-refractivity contribution >= 4 is 87.0 Å². The number of carbonyl (C=O) groups is 2. The van der Waals surface area contributed by atoms with Crippen LogP contribution in [0.15, 0.2) is 90.5 Å². The summed E-state index contributed by atoms with van der Waals surface area (Å²) < 4.78 is 145. The quantitative estimate of drug-likeness (QED) is 0.0791. The number of nitrogens with zero attached hydrogens (tertiary/aromatic N) is 2. The first-order valence-electron chi connectivity index (χ1n) is 16.0. The van der Waals surface area contributed by atoms with Gasteiger partial charge in [-0.1, -0.05) is 12.1 Å². The Morgan fingerprint density at radius 3 is 1.17 bits per heavy atom. The van der Waals surface area contributed by atoms with Crippen molar-refractivity contribution in [3.63, 3.8) is 0 Å². The molecule has 0 aromatic heterocycles. The summed E-state index contributed by atoms with van der Waals surface area (Å²) in [4.78, 5) is 22.9. The molecule has 0 bridgehead atoms. The van der Waals surface area contributed by atoms with Gasteiger partial charge in [-0.15, -0.1) is 0 Å². The molecule has 0 spiro atoms. The van der Waals surface area contributed by atoms with Crippen molar-refractivity contribution in [1.82, 2.24) is 0 Å². The average Bonchev–Trinajstić information content (AvgIpc) is 3.14. The topological polar surface area (TPSA) is 359 Å². The molecule has 0 aliphatic heterocycles. The lowest BCUT2D eigenvalue weighted by atomic mass is 9.94. The normalized spacial score (nSPS) is 15.8. The monoisotopic (exact) mass is 906 g/mol. The van der Waals surface area contributed by atoms with Crippen molar-refractivity contribution in [2.24, 2.45) is 10.2 Å². The number of hydrazone groups is 2. The van der Waals surface area contributed by atoms with Crippen LogP contribution in [0.4, 0.5) is 11.4 Å². The lowest BCUT2D eigenvalue weighted by Gasteiger charge is -2.18. The van der Waals surface area contributed by atoms with Crippen LogP contribution in [-0.4, -0.2) is 99.3 Å². The minimum absolute atomic E-state index is 0.0377. The largest absolute Gasteiger partial charge is 0.507 e. The highest BCUT2D eigenvalue weighted by molar-refractivity contribution is 7.91. The molecule has 0 saturated carbocycles. The van der Waals surface area contributed by atoms with Crippen molar-refractivity contribution in [3.8, 4) is 34.1 Å². The van der Waals surface area contributed by atoms with E-state index in [9.17, 15) is 71.7 Å². The number of hydrogen-bond donors (Lipinski definition) is 8. The van der Waals surface area contributed by atoms with Crippen LogP contribution in [0.3, 0.4) is 0 Å². The Hall–Kier alpha value is -6.52. The molecule has 0 saturated heterocycles. The number of phenols is 2. The molecular formula is C34H26N4O18S4. The molecule has 60 heavy (non-hydrogen) atoms. The van der Waals surface area contributed by atoms with Crippen LogP contribution in [0.1, 0.15) is 31.8 Å². The Labute approximate surface area is 338 Å². The second kappa shape index (κ2) is 15.3. The highest BCUT2D eigenvalue weighted by Gasteiger charge is 2.37. The first-order valence-corrected chi connectivity index (χ1v) is 21.8. The molecule has 314 valence electrons. The number of rotatable bonds is 11. The summed E-state index contributed by atoms with van der Waals surface area (Å²) in [5.74, 6) is -4.27. The maximum absolute atomic E-state index is 13.4. The number of phenolic OH excluding ortho intramolecular Hbond substituents is 2. The summed E-state index contributed by atoms with van der Waals surface area (Å²) in [6.45, 7) is 0. The second-order valence-corrected chi connectivity index (χ2v) is 18.0.